The molecule has 0 saturated carbocycles. The third-order valence-electron chi connectivity index (χ3n) is 2.44. The van der Waals surface area contributed by atoms with E-state index in [1.165, 1.54) is 38.5 Å². The van der Waals surface area contributed by atoms with Crippen molar-refractivity contribution in [3.05, 3.63) is 12.0 Å². The van der Waals surface area contributed by atoms with Crippen LogP contribution in [0.3, 0.4) is 0 Å². The van der Waals surface area contributed by atoms with E-state index in [9.17, 15) is 0 Å². The molecule has 2 N–H and O–H groups in total. The van der Waals surface area contributed by atoms with E-state index in [1.807, 2.05) is 0 Å². The van der Waals surface area contributed by atoms with Gasteiger partial charge in [-0.1, -0.05) is 51.9 Å². The third-order valence-corrected chi connectivity index (χ3v) is 2.44. The predicted octanol–water partition coefficient (Wildman–Crippen LogP) is 4.47. The lowest BCUT2D eigenvalue weighted by atomic mass is 10.1. The Bertz CT molecular complexity index is 141. The number of hydrogen-bond acceptors (Lipinski definition) is 2. The Kier molecular flexibility index (Phi) is 9.93. The van der Waals surface area contributed by atoms with Crippen LogP contribution >= 0.6 is 0 Å². The third kappa shape index (κ3) is 9.43. The number of hydrogen-bond donors (Lipinski definition) is 2. The van der Waals surface area contributed by atoms with E-state index < -0.39 is 0 Å². The molecule has 0 rings (SSSR count). The van der Waals surface area contributed by atoms with Crippen LogP contribution < -0.4 is 0 Å². The summed E-state index contributed by atoms with van der Waals surface area (Å²) in [6.45, 7) is 2.23. The van der Waals surface area contributed by atoms with Gasteiger partial charge in [-0.3, -0.25) is 0 Å². The molecule has 0 bridgehead atoms. The van der Waals surface area contributed by atoms with Gasteiger partial charge in [0.25, 0.3) is 0 Å². The second-order valence-electron chi connectivity index (χ2n) is 3.85. The highest BCUT2D eigenvalue weighted by Crippen LogP contribution is 2.11. The van der Waals surface area contributed by atoms with Crippen molar-refractivity contribution >= 4 is 0 Å². The maximum absolute atomic E-state index is 8.94. The Labute approximate surface area is 87.7 Å². The zero-order valence-electron chi connectivity index (χ0n) is 9.34. The largest absolute Gasteiger partial charge is 0.512 e. The first-order valence-corrected chi connectivity index (χ1v) is 5.83. The lowest BCUT2D eigenvalue weighted by molar-refractivity contribution is 0.338. The van der Waals surface area contributed by atoms with Crippen LogP contribution in [0.1, 0.15) is 64.7 Å². The maximum Gasteiger partial charge on any atom is 0.126 e. The monoisotopic (exact) mass is 200 g/mol. The summed E-state index contributed by atoms with van der Waals surface area (Å²) in [4.78, 5) is 0. The van der Waals surface area contributed by atoms with Gasteiger partial charge in [0.05, 0.1) is 0 Å². The lowest BCUT2D eigenvalue weighted by Crippen LogP contribution is -1.84. The first-order chi connectivity index (χ1) is 6.81. The highest BCUT2D eigenvalue weighted by molar-refractivity contribution is 4.82. The van der Waals surface area contributed by atoms with Crippen LogP contribution in [0.4, 0.5) is 0 Å². The van der Waals surface area contributed by atoms with Gasteiger partial charge in [0.15, 0.2) is 0 Å². The molecule has 14 heavy (non-hydrogen) atoms. The summed E-state index contributed by atoms with van der Waals surface area (Å²) in [6, 6.07) is 0. The molecule has 0 aromatic carbocycles. The Morgan fingerprint density at radius 1 is 0.929 bits per heavy atom. The highest BCUT2D eigenvalue weighted by Gasteiger charge is 1.94. The van der Waals surface area contributed by atoms with Crippen molar-refractivity contribution in [1.29, 1.82) is 0 Å². The fraction of sp³-hybridized carbons (Fsp3) is 0.833. The number of allylic oxidation sites excluding steroid dienone is 1. The molecule has 0 aromatic rings. The average molecular weight is 200 g/mol. The maximum atomic E-state index is 8.94. The van der Waals surface area contributed by atoms with Gasteiger partial charge in [-0.05, 0) is 6.42 Å². The zero-order chi connectivity index (χ0) is 10.6. The molecule has 0 atom stereocenters. The molecular weight excluding hydrogens is 176 g/mol. The second-order valence-corrected chi connectivity index (χ2v) is 3.85. The first-order valence-electron chi connectivity index (χ1n) is 5.83. The molecule has 0 aliphatic carbocycles. The minimum Gasteiger partial charge on any atom is -0.512 e. The minimum atomic E-state index is 0.107. The topological polar surface area (TPSA) is 40.5 Å². The van der Waals surface area contributed by atoms with E-state index >= 15 is 0 Å². The van der Waals surface area contributed by atoms with Crippen LogP contribution in [0.2, 0.25) is 0 Å². The molecule has 0 amide bonds. The summed E-state index contributed by atoms with van der Waals surface area (Å²) in [7, 11) is 0. The van der Waals surface area contributed by atoms with Crippen molar-refractivity contribution in [2.75, 3.05) is 0 Å². The Morgan fingerprint density at radius 3 is 1.93 bits per heavy atom. The highest BCUT2D eigenvalue weighted by atomic mass is 16.3. The quantitative estimate of drug-likeness (QED) is 0.425. The molecule has 2 heteroatoms. The average Bonchev–Trinajstić information content (AvgIpc) is 2.21. The van der Waals surface area contributed by atoms with Gasteiger partial charge in [-0.15, -0.1) is 0 Å². The fourth-order valence-electron chi connectivity index (χ4n) is 1.50. The van der Waals surface area contributed by atoms with Crippen LogP contribution in [0.25, 0.3) is 0 Å². The van der Waals surface area contributed by atoms with Gasteiger partial charge < -0.3 is 10.2 Å². The van der Waals surface area contributed by atoms with E-state index in [4.69, 9.17) is 10.2 Å². The summed E-state index contributed by atoms with van der Waals surface area (Å²) in [6.07, 6.45) is 11.5. The molecule has 84 valence electrons. The molecular formula is C12H24O2. The van der Waals surface area contributed by atoms with Crippen molar-refractivity contribution in [3.8, 4) is 0 Å². The standard InChI is InChI=1S/C12H24O2/c1-2-3-4-5-6-7-8-9-10-12(14)11-13/h11,13-14H,2-10H2,1H3/b12-11-. The van der Waals surface area contributed by atoms with Crippen molar-refractivity contribution < 1.29 is 10.2 Å². The van der Waals surface area contributed by atoms with Crippen LogP contribution in [-0.2, 0) is 0 Å². The van der Waals surface area contributed by atoms with Gasteiger partial charge in [-0.25, -0.2) is 0 Å². The Balaban J connectivity index is 2.99. The zero-order valence-corrected chi connectivity index (χ0v) is 9.34. The van der Waals surface area contributed by atoms with Gasteiger partial charge in [0.1, 0.15) is 12.0 Å². The van der Waals surface area contributed by atoms with Crippen molar-refractivity contribution in [2.45, 2.75) is 64.7 Å². The molecule has 0 aromatic heterocycles. The van der Waals surface area contributed by atoms with E-state index in [1.54, 1.807) is 0 Å². The van der Waals surface area contributed by atoms with Crippen LogP contribution in [0, 0.1) is 0 Å². The van der Waals surface area contributed by atoms with Crippen LogP contribution in [0.15, 0.2) is 12.0 Å². The minimum absolute atomic E-state index is 0.107. The molecule has 0 fully saturated rings. The molecule has 0 radical (unpaired) electrons. The van der Waals surface area contributed by atoms with Gasteiger partial charge in [0.2, 0.25) is 0 Å². The normalized spacial score (nSPS) is 11.9. The van der Waals surface area contributed by atoms with E-state index in [2.05, 4.69) is 6.92 Å². The first kappa shape index (κ1) is 13.3. The Hall–Kier alpha value is -0.660. The van der Waals surface area contributed by atoms with Crippen LogP contribution in [0.5, 0.6) is 0 Å². The predicted molar refractivity (Wildman–Crippen MR) is 60.6 cm³/mol. The molecule has 0 unspecified atom stereocenters. The molecule has 0 spiro atoms. The van der Waals surface area contributed by atoms with E-state index in [0.29, 0.717) is 6.42 Å². The van der Waals surface area contributed by atoms with Crippen LogP contribution in [-0.4, -0.2) is 10.2 Å². The van der Waals surface area contributed by atoms with E-state index in [0.717, 1.165) is 19.1 Å². The summed E-state index contributed by atoms with van der Waals surface area (Å²) in [5.74, 6) is 0.107. The summed E-state index contributed by atoms with van der Waals surface area (Å²) >= 11 is 0. The second kappa shape index (κ2) is 10.4. The van der Waals surface area contributed by atoms with Crippen molar-refractivity contribution in [3.63, 3.8) is 0 Å². The number of aliphatic hydroxyl groups is 2. The lowest BCUT2D eigenvalue weighted by Gasteiger charge is -2.00. The smallest absolute Gasteiger partial charge is 0.126 e. The number of unbranched alkanes of at least 4 members (excludes halogenated alkanes) is 7. The summed E-state index contributed by atoms with van der Waals surface area (Å²) in [5.41, 5.74) is 0. The van der Waals surface area contributed by atoms with E-state index in [-0.39, 0.29) is 5.76 Å². The SMILES string of the molecule is CCCCCCCCCC/C(O)=C/O. The van der Waals surface area contributed by atoms with Crippen molar-refractivity contribution in [1.82, 2.24) is 0 Å². The van der Waals surface area contributed by atoms with Gasteiger partial charge >= 0.3 is 0 Å². The molecule has 0 saturated heterocycles. The molecule has 2 nitrogen and oxygen atoms in total. The number of rotatable bonds is 9. The van der Waals surface area contributed by atoms with Crippen molar-refractivity contribution in [2.24, 2.45) is 0 Å². The molecule has 0 aliphatic heterocycles. The molecule has 0 heterocycles. The molecule has 0 aliphatic rings. The fourth-order valence-corrected chi connectivity index (χ4v) is 1.50. The summed E-state index contributed by atoms with van der Waals surface area (Å²) < 4.78 is 0. The summed E-state index contributed by atoms with van der Waals surface area (Å²) in [5, 5.41) is 17.4. The van der Waals surface area contributed by atoms with Gasteiger partial charge in [0, 0.05) is 6.42 Å². The van der Waals surface area contributed by atoms with Gasteiger partial charge in [-0.2, -0.15) is 0 Å². The number of aliphatic hydroxyl groups excluding tert-OH is 2. The Morgan fingerprint density at radius 2 is 1.43 bits per heavy atom.